The Morgan fingerprint density at radius 3 is 2.69 bits per heavy atom. The SMILES string of the molecule is CCCc1c[nH]c2c(C(=O)NCc3c(C)cc(C)[nH]c3=O)cc(Br)cc12. The molecule has 0 aliphatic rings. The van der Waals surface area contributed by atoms with E-state index in [4.69, 9.17) is 0 Å². The van der Waals surface area contributed by atoms with Crippen molar-refractivity contribution in [2.24, 2.45) is 0 Å². The summed E-state index contributed by atoms with van der Waals surface area (Å²) in [5.74, 6) is -0.208. The summed E-state index contributed by atoms with van der Waals surface area (Å²) in [6.45, 7) is 6.04. The fraction of sp³-hybridized carbons (Fsp3) is 0.300. The van der Waals surface area contributed by atoms with E-state index in [0.29, 0.717) is 11.1 Å². The summed E-state index contributed by atoms with van der Waals surface area (Å²) in [7, 11) is 0. The highest BCUT2D eigenvalue weighted by molar-refractivity contribution is 9.10. The summed E-state index contributed by atoms with van der Waals surface area (Å²) in [4.78, 5) is 30.9. The molecule has 0 unspecified atom stereocenters. The highest BCUT2D eigenvalue weighted by Crippen LogP contribution is 2.27. The molecule has 0 fully saturated rings. The molecular weight excluding hydrogens is 394 g/mol. The van der Waals surface area contributed by atoms with Crippen molar-refractivity contribution in [3.8, 4) is 0 Å². The normalized spacial score (nSPS) is 11.1. The number of fused-ring (bicyclic) bond motifs is 1. The van der Waals surface area contributed by atoms with Crippen LogP contribution in [0.15, 0.2) is 33.7 Å². The second kappa shape index (κ2) is 7.50. The third kappa shape index (κ3) is 3.60. The quantitative estimate of drug-likeness (QED) is 0.585. The molecule has 2 heterocycles. The largest absolute Gasteiger partial charge is 0.360 e. The second-order valence-electron chi connectivity index (χ2n) is 6.57. The number of hydrogen-bond donors (Lipinski definition) is 3. The lowest BCUT2D eigenvalue weighted by Gasteiger charge is -2.09. The molecule has 0 spiro atoms. The summed E-state index contributed by atoms with van der Waals surface area (Å²) in [5.41, 5.74) is 4.69. The summed E-state index contributed by atoms with van der Waals surface area (Å²) < 4.78 is 0.858. The second-order valence-corrected chi connectivity index (χ2v) is 7.48. The van der Waals surface area contributed by atoms with Gasteiger partial charge in [0.15, 0.2) is 0 Å². The molecule has 3 rings (SSSR count). The van der Waals surface area contributed by atoms with Gasteiger partial charge in [0.05, 0.1) is 11.1 Å². The fourth-order valence-corrected chi connectivity index (χ4v) is 3.73. The highest BCUT2D eigenvalue weighted by Gasteiger charge is 2.16. The predicted molar refractivity (Wildman–Crippen MR) is 108 cm³/mol. The lowest BCUT2D eigenvalue weighted by atomic mass is 10.1. The van der Waals surface area contributed by atoms with Crippen molar-refractivity contribution in [1.82, 2.24) is 15.3 Å². The number of hydrogen-bond acceptors (Lipinski definition) is 2. The van der Waals surface area contributed by atoms with E-state index in [9.17, 15) is 9.59 Å². The summed E-state index contributed by atoms with van der Waals surface area (Å²) in [6, 6.07) is 5.74. The monoisotopic (exact) mass is 415 g/mol. The number of aromatic amines is 2. The molecule has 3 N–H and O–H groups in total. The number of aromatic nitrogens is 2. The van der Waals surface area contributed by atoms with E-state index in [1.807, 2.05) is 32.2 Å². The molecular formula is C20H22BrN3O2. The smallest absolute Gasteiger partial charge is 0.253 e. The van der Waals surface area contributed by atoms with Gasteiger partial charge in [-0.25, -0.2) is 0 Å². The van der Waals surface area contributed by atoms with Gasteiger partial charge in [-0.15, -0.1) is 0 Å². The Balaban J connectivity index is 1.90. The zero-order chi connectivity index (χ0) is 18.8. The molecule has 6 heteroatoms. The number of carbonyl (C=O) groups excluding carboxylic acids is 1. The van der Waals surface area contributed by atoms with E-state index in [0.717, 1.165) is 39.5 Å². The Morgan fingerprint density at radius 1 is 1.23 bits per heavy atom. The first-order valence-corrected chi connectivity index (χ1v) is 9.47. The van der Waals surface area contributed by atoms with Crippen LogP contribution in [0.2, 0.25) is 0 Å². The number of aryl methyl sites for hydroxylation is 3. The molecule has 5 nitrogen and oxygen atoms in total. The number of nitrogens with one attached hydrogen (secondary N) is 3. The van der Waals surface area contributed by atoms with Crippen LogP contribution in [-0.2, 0) is 13.0 Å². The van der Waals surface area contributed by atoms with Crippen molar-refractivity contribution < 1.29 is 4.79 Å². The van der Waals surface area contributed by atoms with Crippen LogP contribution in [0.25, 0.3) is 10.9 Å². The molecule has 0 aliphatic heterocycles. The molecule has 0 atom stereocenters. The van der Waals surface area contributed by atoms with Gasteiger partial charge >= 0.3 is 0 Å². The molecule has 1 aromatic carbocycles. The fourth-order valence-electron chi connectivity index (χ4n) is 3.27. The lowest BCUT2D eigenvalue weighted by molar-refractivity contribution is 0.0952. The van der Waals surface area contributed by atoms with Crippen LogP contribution in [0.3, 0.4) is 0 Å². The predicted octanol–water partition coefficient (Wildman–Crippen LogP) is 4.12. The molecule has 136 valence electrons. The molecule has 0 radical (unpaired) electrons. The van der Waals surface area contributed by atoms with Gasteiger partial charge < -0.3 is 15.3 Å². The zero-order valence-corrected chi connectivity index (χ0v) is 16.7. The van der Waals surface area contributed by atoms with Crippen LogP contribution in [0.4, 0.5) is 0 Å². The van der Waals surface area contributed by atoms with Crippen molar-refractivity contribution in [3.05, 3.63) is 67.2 Å². The number of H-pyrrole nitrogens is 2. The first-order chi connectivity index (χ1) is 12.4. The third-order valence-corrected chi connectivity index (χ3v) is 4.98. The van der Waals surface area contributed by atoms with E-state index >= 15 is 0 Å². The van der Waals surface area contributed by atoms with Gasteiger partial charge in [0.1, 0.15) is 0 Å². The average molecular weight is 416 g/mol. The lowest BCUT2D eigenvalue weighted by Crippen LogP contribution is -2.28. The average Bonchev–Trinajstić information content (AvgIpc) is 2.96. The minimum absolute atomic E-state index is 0.160. The van der Waals surface area contributed by atoms with Crippen molar-refractivity contribution in [2.45, 2.75) is 40.2 Å². The highest BCUT2D eigenvalue weighted by atomic mass is 79.9. The number of carbonyl (C=O) groups is 1. The number of pyridine rings is 1. The van der Waals surface area contributed by atoms with Crippen molar-refractivity contribution in [1.29, 1.82) is 0 Å². The van der Waals surface area contributed by atoms with Gasteiger partial charge in [0, 0.05) is 33.9 Å². The third-order valence-electron chi connectivity index (χ3n) is 4.52. The van der Waals surface area contributed by atoms with Gasteiger partial charge in [-0.2, -0.15) is 0 Å². The molecule has 1 amide bonds. The van der Waals surface area contributed by atoms with Crippen LogP contribution >= 0.6 is 15.9 Å². The zero-order valence-electron chi connectivity index (χ0n) is 15.1. The van der Waals surface area contributed by atoms with Crippen LogP contribution in [0.5, 0.6) is 0 Å². The van der Waals surface area contributed by atoms with Crippen LogP contribution < -0.4 is 10.9 Å². The molecule has 2 aromatic heterocycles. The minimum atomic E-state index is -0.208. The van der Waals surface area contributed by atoms with E-state index in [1.165, 1.54) is 5.56 Å². The Bertz CT molecular complexity index is 1030. The summed E-state index contributed by atoms with van der Waals surface area (Å²) >= 11 is 3.50. The van der Waals surface area contributed by atoms with Gasteiger partial charge in [-0.1, -0.05) is 29.3 Å². The maximum absolute atomic E-state index is 12.8. The number of rotatable bonds is 5. The molecule has 0 aliphatic carbocycles. The maximum atomic E-state index is 12.8. The van der Waals surface area contributed by atoms with Gasteiger partial charge in [-0.3, -0.25) is 9.59 Å². The van der Waals surface area contributed by atoms with E-state index in [2.05, 4.69) is 38.1 Å². The molecule has 3 aromatic rings. The molecule has 0 bridgehead atoms. The van der Waals surface area contributed by atoms with Crippen molar-refractivity contribution in [2.75, 3.05) is 0 Å². The number of benzene rings is 1. The Hall–Kier alpha value is -2.34. The Morgan fingerprint density at radius 2 is 2.00 bits per heavy atom. The maximum Gasteiger partial charge on any atom is 0.253 e. The molecule has 0 saturated heterocycles. The Kier molecular flexibility index (Phi) is 5.32. The summed E-state index contributed by atoms with van der Waals surface area (Å²) in [5, 5.41) is 3.93. The van der Waals surface area contributed by atoms with E-state index in [-0.39, 0.29) is 18.0 Å². The standard InChI is InChI=1S/C20H22BrN3O2/c1-4-5-13-9-22-18-15(13)7-14(21)8-16(18)19(25)23-10-17-11(2)6-12(3)24-20(17)26/h6-9,22H,4-5,10H2,1-3H3,(H,23,25)(H,24,26). The topological polar surface area (TPSA) is 77.8 Å². The van der Waals surface area contributed by atoms with Gasteiger partial charge in [0.2, 0.25) is 0 Å². The first kappa shape index (κ1) is 18.5. The molecule has 0 saturated carbocycles. The van der Waals surface area contributed by atoms with Crippen LogP contribution in [0.1, 0.15) is 46.1 Å². The number of halogens is 1. The van der Waals surface area contributed by atoms with Gasteiger partial charge in [-0.05, 0) is 49.6 Å². The van der Waals surface area contributed by atoms with Crippen molar-refractivity contribution in [3.63, 3.8) is 0 Å². The van der Waals surface area contributed by atoms with E-state index < -0.39 is 0 Å². The summed E-state index contributed by atoms with van der Waals surface area (Å²) in [6.07, 6.45) is 3.96. The van der Waals surface area contributed by atoms with Crippen LogP contribution in [-0.4, -0.2) is 15.9 Å². The molecule has 26 heavy (non-hydrogen) atoms. The first-order valence-electron chi connectivity index (χ1n) is 8.67. The Labute approximate surface area is 160 Å². The van der Waals surface area contributed by atoms with E-state index in [1.54, 1.807) is 6.07 Å². The van der Waals surface area contributed by atoms with Gasteiger partial charge in [0.25, 0.3) is 11.5 Å². The minimum Gasteiger partial charge on any atom is -0.360 e. The number of amides is 1. The van der Waals surface area contributed by atoms with Crippen LogP contribution in [0, 0.1) is 13.8 Å². The van der Waals surface area contributed by atoms with Crippen molar-refractivity contribution >= 4 is 32.7 Å².